The van der Waals surface area contributed by atoms with Gasteiger partial charge in [-0.1, -0.05) is 36.8 Å². The number of nitrogens with one attached hydrogen (secondary N) is 1. The maximum atomic E-state index is 13.2. The van der Waals surface area contributed by atoms with Crippen molar-refractivity contribution in [2.24, 2.45) is 23.2 Å². The van der Waals surface area contributed by atoms with Gasteiger partial charge in [-0.3, -0.25) is 9.59 Å². The molecule has 2 N–H and O–H groups in total. The number of carbonyl (C=O) groups excluding carboxylic acids is 1. The molecule has 2 saturated carbocycles. The summed E-state index contributed by atoms with van der Waals surface area (Å²) >= 11 is 0. The van der Waals surface area contributed by atoms with Crippen LogP contribution in [0.15, 0.2) is 30.3 Å². The molecule has 4 nitrogen and oxygen atoms in total. The summed E-state index contributed by atoms with van der Waals surface area (Å²) in [6, 6.07) is 9.84. The number of aliphatic carboxylic acids is 1. The van der Waals surface area contributed by atoms with Gasteiger partial charge in [0.1, 0.15) is 0 Å². The number of carbonyl (C=O) groups is 2. The first-order valence-corrected chi connectivity index (χ1v) is 9.00. The van der Waals surface area contributed by atoms with Gasteiger partial charge in [0, 0.05) is 6.04 Å². The molecule has 0 aromatic heterocycles. The lowest BCUT2D eigenvalue weighted by Gasteiger charge is -2.38. The first-order chi connectivity index (χ1) is 11.4. The average molecular weight is 329 g/mol. The number of hydrogen-bond acceptors (Lipinski definition) is 2. The third-order valence-electron chi connectivity index (χ3n) is 6.29. The highest BCUT2D eigenvalue weighted by atomic mass is 16.4. The average Bonchev–Trinajstić information content (AvgIpc) is 3.16. The molecule has 24 heavy (non-hydrogen) atoms. The van der Waals surface area contributed by atoms with E-state index in [-0.39, 0.29) is 17.4 Å². The highest BCUT2D eigenvalue weighted by Crippen LogP contribution is 2.57. The van der Waals surface area contributed by atoms with E-state index >= 15 is 0 Å². The molecule has 5 unspecified atom stereocenters. The van der Waals surface area contributed by atoms with Crippen molar-refractivity contribution < 1.29 is 14.7 Å². The monoisotopic (exact) mass is 329 g/mol. The van der Waals surface area contributed by atoms with Crippen molar-refractivity contribution in [1.29, 1.82) is 0 Å². The maximum absolute atomic E-state index is 13.2. The lowest BCUT2D eigenvalue weighted by Crippen LogP contribution is -2.51. The molecule has 0 spiro atoms. The highest BCUT2D eigenvalue weighted by molar-refractivity contribution is 5.85. The molecule has 0 aliphatic heterocycles. The Morgan fingerprint density at radius 1 is 1.25 bits per heavy atom. The van der Waals surface area contributed by atoms with E-state index in [1.807, 2.05) is 18.2 Å². The molecule has 0 heterocycles. The van der Waals surface area contributed by atoms with Crippen LogP contribution in [0.2, 0.25) is 0 Å². The summed E-state index contributed by atoms with van der Waals surface area (Å²) in [4.78, 5) is 24.4. The van der Waals surface area contributed by atoms with Gasteiger partial charge < -0.3 is 10.4 Å². The summed E-state index contributed by atoms with van der Waals surface area (Å²) < 4.78 is 0. The Kier molecular flexibility index (Phi) is 4.66. The molecule has 2 bridgehead atoms. The zero-order valence-electron chi connectivity index (χ0n) is 14.5. The molecule has 130 valence electrons. The molecule has 2 aliphatic carbocycles. The first-order valence-electron chi connectivity index (χ1n) is 9.00. The van der Waals surface area contributed by atoms with Gasteiger partial charge >= 0.3 is 5.97 Å². The van der Waals surface area contributed by atoms with E-state index in [4.69, 9.17) is 0 Å². The predicted octanol–water partition coefficient (Wildman–Crippen LogP) is 3.26. The second-order valence-electron chi connectivity index (χ2n) is 7.79. The summed E-state index contributed by atoms with van der Waals surface area (Å²) in [5.41, 5.74) is 0.829. The van der Waals surface area contributed by atoms with Gasteiger partial charge in [0.2, 0.25) is 5.91 Å². The summed E-state index contributed by atoms with van der Waals surface area (Å²) in [5, 5.41) is 12.2. The Hall–Kier alpha value is -1.84. The first kappa shape index (κ1) is 17.0. The number of carboxylic acids is 1. The van der Waals surface area contributed by atoms with E-state index in [9.17, 15) is 14.7 Å². The zero-order chi connectivity index (χ0) is 17.3. The van der Waals surface area contributed by atoms with Crippen LogP contribution in [0.25, 0.3) is 0 Å². The number of benzene rings is 1. The number of amides is 1. The smallest absolute Gasteiger partial charge is 0.308 e. The molecule has 2 aliphatic rings. The lowest BCUT2D eigenvalue weighted by molar-refractivity contribution is -0.143. The van der Waals surface area contributed by atoms with Crippen molar-refractivity contribution in [1.82, 2.24) is 5.32 Å². The Labute approximate surface area is 143 Å². The summed E-state index contributed by atoms with van der Waals surface area (Å²) in [6.07, 6.45) is 5.19. The van der Waals surface area contributed by atoms with Crippen LogP contribution in [-0.2, 0) is 16.0 Å². The number of fused-ring (bicyclic) bond motifs is 2. The van der Waals surface area contributed by atoms with Gasteiger partial charge in [-0.2, -0.15) is 0 Å². The number of rotatable bonds is 6. The molecular weight excluding hydrogens is 302 g/mol. The fourth-order valence-corrected chi connectivity index (χ4v) is 4.67. The predicted molar refractivity (Wildman–Crippen MR) is 92.4 cm³/mol. The minimum absolute atomic E-state index is 0.0548. The van der Waals surface area contributed by atoms with Gasteiger partial charge in [0.15, 0.2) is 0 Å². The Morgan fingerprint density at radius 3 is 2.50 bits per heavy atom. The fourth-order valence-electron chi connectivity index (χ4n) is 4.67. The van der Waals surface area contributed by atoms with Crippen molar-refractivity contribution in [2.45, 2.75) is 52.0 Å². The minimum atomic E-state index is -0.868. The van der Waals surface area contributed by atoms with Gasteiger partial charge in [-0.15, -0.1) is 0 Å². The molecule has 1 amide bonds. The van der Waals surface area contributed by atoms with Crippen molar-refractivity contribution in [2.75, 3.05) is 0 Å². The van der Waals surface area contributed by atoms with E-state index in [1.165, 1.54) is 12.0 Å². The second kappa shape index (κ2) is 6.58. The number of carboxylic acid groups (broad SMARTS) is 1. The Balaban J connectivity index is 1.80. The molecule has 4 heteroatoms. The molecule has 0 saturated heterocycles. The van der Waals surface area contributed by atoms with Crippen molar-refractivity contribution in [3.8, 4) is 0 Å². The molecule has 0 radical (unpaired) electrons. The topological polar surface area (TPSA) is 66.4 Å². The minimum Gasteiger partial charge on any atom is -0.481 e. The van der Waals surface area contributed by atoms with E-state index in [1.54, 1.807) is 13.8 Å². The van der Waals surface area contributed by atoms with Gasteiger partial charge in [0.05, 0.1) is 11.3 Å². The SMILES string of the molecule is CC(NC(=O)C1(Cc2ccccc2)CC2CCC1C2)C(C)C(=O)O. The van der Waals surface area contributed by atoms with Crippen molar-refractivity contribution >= 4 is 11.9 Å². The van der Waals surface area contributed by atoms with E-state index in [0.717, 1.165) is 25.7 Å². The van der Waals surface area contributed by atoms with E-state index in [2.05, 4.69) is 17.4 Å². The molecule has 3 rings (SSSR count). The lowest BCUT2D eigenvalue weighted by atomic mass is 9.68. The Bertz CT molecular complexity index is 615. The van der Waals surface area contributed by atoms with Crippen LogP contribution in [0, 0.1) is 23.2 Å². The number of hydrogen-bond donors (Lipinski definition) is 2. The van der Waals surface area contributed by atoms with Crippen LogP contribution >= 0.6 is 0 Å². The normalized spacial score (nSPS) is 30.8. The molecule has 2 fully saturated rings. The van der Waals surface area contributed by atoms with E-state index in [0.29, 0.717) is 11.8 Å². The van der Waals surface area contributed by atoms with Crippen LogP contribution in [0.1, 0.15) is 45.1 Å². The van der Waals surface area contributed by atoms with Crippen LogP contribution in [0.3, 0.4) is 0 Å². The van der Waals surface area contributed by atoms with Gasteiger partial charge in [-0.05, 0) is 56.9 Å². The van der Waals surface area contributed by atoms with E-state index < -0.39 is 11.9 Å². The highest BCUT2D eigenvalue weighted by Gasteiger charge is 2.55. The summed E-state index contributed by atoms with van der Waals surface area (Å²) in [6.45, 7) is 3.44. The largest absolute Gasteiger partial charge is 0.481 e. The second-order valence-corrected chi connectivity index (χ2v) is 7.79. The Morgan fingerprint density at radius 2 is 1.96 bits per heavy atom. The third-order valence-corrected chi connectivity index (χ3v) is 6.29. The van der Waals surface area contributed by atoms with Crippen LogP contribution in [-0.4, -0.2) is 23.0 Å². The molecule has 5 atom stereocenters. The fraction of sp³-hybridized carbons (Fsp3) is 0.600. The molecule has 1 aromatic rings. The van der Waals surface area contributed by atoms with Crippen LogP contribution in [0.4, 0.5) is 0 Å². The third kappa shape index (κ3) is 3.06. The zero-order valence-corrected chi connectivity index (χ0v) is 14.5. The standard InChI is InChI=1S/C20H27NO3/c1-13(18(22)23)14(2)21-19(24)20(11-15-6-4-3-5-7-15)12-16-8-9-17(20)10-16/h3-7,13-14,16-17H,8-12H2,1-2H3,(H,21,24)(H,22,23). The molecular formula is C20H27NO3. The van der Waals surface area contributed by atoms with Crippen molar-refractivity contribution in [3.63, 3.8) is 0 Å². The molecule has 1 aromatic carbocycles. The van der Waals surface area contributed by atoms with Crippen molar-refractivity contribution in [3.05, 3.63) is 35.9 Å². The van der Waals surface area contributed by atoms with Gasteiger partial charge in [0.25, 0.3) is 0 Å². The van der Waals surface area contributed by atoms with Crippen LogP contribution < -0.4 is 5.32 Å². The summed E-state index contributed by atoms with van der Waals surface area (Å²) in [5.74, 6) is -0.319. The maximum Gasteiger partial charge on any atom is 0.308 e. The quantitative estimate of drug-likeness (QED) is 0.842. The summed E-state index contributed by atoms with van der Waals surface area (Å²) in [7, 11) is 0. The van der Waals surface area contributed by atoms with Crippen LogP contribution in [0.5, 0.6) is 0 Å². The van der Waals surface area contributed by atoms with Gasteiger partial charge in [-0.25, -0.2) is 0 Å².